The third-order valence-corrected chi connectivity index (χ3v) is 4.79. The third kappa shape index (κ3) is 4.73. The molecule has 0 saturated heterocycles. The van der Waals surface area contributed by atoms with Crippen molar-refractivity contribution >= 4 is 0 Å². The fourth-order valence-electron chi connectivity index (χ4n) is 3.70. The van der Waals surface area contributed by atoms with Gasteiger partial charge in [0.05, 0.1) is 0 Å². The molecule has 0 radical (unpaired) electrons. The van der Waals surface area contributed by atoms with Crippen molar-refractivity contribution in [2.75, 3.05) is 0 Å². The fraction of sp³-hybridized carbons (Fsp3) is 0.455. The molecule has 0 heteroatoms. The fourth-order valence-corrected chi connectivity index (χ4v) is 3.70. The predicted octanol–water partition coefficient (Wildman–Crippen LogP) is 6.79. The molecule has 0 aliphatic rings. The summed E-state index contributed by atoms with van der Waals surface area (Å²) in [7, 11) is 0. The molecule has 2 unspecified atom stereocenters. The summed E-state index contributed by atoms with van der Waals surface area (Å²) in [5.74, 6) is 1.28. The quantitative estimate of drug-likeness (QED) is 0.527. The van der Waals surface area contributed by atoms with Gasteiger partial charge in [-0.05, 0) is 47.6 Å². The highest BCUT2D eigenvalue weighted by atomic mass is 14.3. The summed E-state index contributed by atoms with van der Waals surface area (Å²) in [5.41, 5.74) is 3.31. The monoisotopic (exact) mass is 294 g/mol. The van der Waals surface area contributed by atoms with Gasteiger partial charge in [0.1, 0.15) is 0 Å². The van der Waals surface area contributed by atoms with Crippen molar-refractivity contribution in [2.45, 2.75) is 58.8 Å². The minimum atomic E-state index is 0.353. The van der Waals surface area contributed by atoms with Crippen molar-refractivity contribution in [3.05, 3.63) is 71.8 Å². The molecule has 0 N–H and O–H groups in total. The molecule has 0 bridgehead atoms. The van der Waals surface area contributed by atoms with Crippen LogP contribution in [0.2, 0.25) is 0 Å². The Balaban J connectivity index is 2.03. The molecule has 2 atom stereocenters. The normalized spacial score (nSPS) is 14.5. The van der Waals surface area contributed by atoms with Crippen LogP contribution in [0, 0.1) is 5.41 Å². The first-order valence-corrected chi connectivity index (χ1v) is 8.62. The van der Waals surface area contributed by atoms with Gasteiger partial charge in [-0.2, -0.15) is 0 Å². The third-order valence-electron chi connectivity index (χ3n) is 4.79. The summed E-state index contributed by atoms with van der Waals surface area (Å²) in [4.78, 5) is 0. The largest absolute Gasteiger partial charge is 0.0648 e. The molecule has 118 valence electrons. The number of rotatable bonds is 7. The van der Waals surface area contributed by atoms with E-state index in [4.69, 9.17) is 0 Å². The molecule has 0 amide bonds. The zero-order valence-corrected chi connectivity index (χ0v) is 14.5. The predicted molar refractivity (Wildman–Crippen MR) is 97.3 cm³/mol. The van der Waals surface area contributed by atoms with Gasteiger partial charge in [0.15, 0.2) is 0 Å². The maximum Gasteiger partial charge on any atom is -0.0160 e. The van der Waals surface area contributed by atoms with Crippen LogP contribution < -0.4 is 0 Å². The Bertz CT molecular complexity index is 539. The van der Waals surface area contributed by atoms with Crippen LogP contribution in [0.25, 0.3) is 0 Å². The molecule has 0 aliphatic heterocycles. The van der Waals surface area contributed by atoms with E-state index >= 15 is 0 Å². The summed E-state index contributed by atoms with van der Waals surface area (Å²) >= 11 is 0. The highest BCUT2D eigenvalue weighted by Crippen LogP contribution is 2.40. The van der Waals surface area contributed by atoms with E-state index in [-0.39, 0.29) is 0 Å². The van der Waals surface area contributed by atoms with E-state index in [1.807, 2.05) is 0 Å². The van der Waals surface area contributed by atoms with E-state index in [2.05, 4.69) is 88.4 Å². The topological polar surface area (TPSA) is 0 Å². The van der Waals surface area contributed by atoms with Crippen LogP contribution in [0.15, 0.2) is 60.7 Å². The Hall–Kier alpha value is -1.56. The molecule has 0 fully saturated rings. The summed E-state index contributed by atoms with van der Waals surface area (Å²) in [6, 6.07) is 21.9. The van der Waals surface area contributed by atoms with Gasteiger partial charge >= 0.3 is 0 Å². The van der Waals surface area contributed by atoms with Crippen LogP contribution in [0.5, 0.6) is 0 Å². The van der Waals surface area contributed by atoms with Crippen LogP contribution in [-0.2, 0) is 0 Å². The first kappa shape index (κ1) is 16.8. The highest BCUT2D eigenvalue weighted by molar-refractivity contribution is 5.21. The SMILES string of the molecule is CCC(CC(C)(C)CC(C)c1ccccc1)c1ccccc1. The number of hydrogen-bond acceptors (Lipinski definition) is 0. The molecule has 2 aromatic rings. The molecule has 0 aromatic heterocycles. The Morgan fingerprint density at radius 1 is 0.773 bits per heavy atom. The van der Waals surface area contributed by atoms with E-state index < -0.39 is 0 Å². The van der Waals surface area contributed by atoms with Gasteiger partial charge in [0, 0.05) is 0 Å². The maximum absolute atomic E-state index is 2.43. The molecule has 2 aromatic carbocycles. The molecule has 2 rings (SSSR count). The Kier molecular flexibility index (Phi) is 5.83. The van der Waals surface area contributed by atoms with Crippen molar-refractivity contribution in [3.63, 3.8) is 0 Å². The molecule has 0 heterocycles. The Labute approximate surface area is 136 Å². The van der Waals surface area contributed by atoms with E-state index in [0.29, 0.717) is 17.3 Å². The highest BCUT2D eigenvalue weighted by Gasteiger charge is 2.26. The molecular weight excluding hydrogens is 264 g/mol. The second kappa shape index (κ2) is 7.63. The number of hydrogen-bond donors (Lipinski definition) is 0. The second-order valence-corrected chi connectivity index (χ2v) is 7.40. The van der Waals surface area contributed by atoms with Crippen LogP contribution in [0.3, 0.4) is 0 Å². The molecule has 0 spiro atoms. The van der Waals surface area contributed by atoms with Gasteiger partial charge in [-0.15, -0.1) is 0 Å². The van der Waals surface area contributed by atoms with Crippen LogP contribution in [-0.4, -0.2) is 0 Å². The lowest BCUT2D eigenvalue weighted by Gasteiger charge is -2.32. The first-order chi connectivity index (χ1) is 10.5. The molecule has 0 saturated carbocycles. The zero-order valence-electron chi connectivity index (χ0n) is 14.5. The van der Waals surface area contributed by atoms with Gasteiger partial charge < -0.3 is 0 Å². The van der Waals surface area contributed by atoms with Gasteiger partial charge in [-0.1, -0.05) is 88.4 Å². The van der Waals surface area contributed by atoms with Crippen molar-refractivity contribution in [3.8, 4) is 0 Å². The zero-order chi connectivity index (χ0) is 16.0. The summed E-state index contributed by atoms with van der Waals surface area (Å²) in [5, 5.41) is 0. The molecule has 0 aliphatic carbocycles. The summed E-state index contributed by atoms with van der Waals surface area (Å²) in [6.07, 6.45) is 3.71. The average molecular weight is 294 g/mol. The van der Waals surface area contributed by atoms with Gasteiger partial charge in [-0.25, -0.2) is 0 Å². The van der Waals surface area contributed by atoms with E-state index in [0.717, 1.165) is 0 Å². The maximum atomic E-state index is 2.43. The van der Waals surface area contributed by atoms with Crippen molar-refractivity contribution < 1.29 is 0 Å². The molecule has 0 nitrogen and oxygen atoms in total. The smallest absolute Gasteiger partial charge is 0.0160 e. The van der Waals surface area contributed by atoms with Gasteiger partial charge in [0.2, 0.25) is 0 Å². The summed E-state index contributed by atoms with van der Waals surface area (Å²) < 4.78 is 0. The number of benzene rings is 2. The lowest BCUT2D eigenvalue weighted by atomic mass is 9.73. The van der Waals surface area contributed by atoms with E-state index in [9.17, 15) is 0 Å². The van der Waals surface area contributed by atoms with Crippen molar-refractivity contribution in [1.29, 1.82) is 0 Å². The van der Waals surface area contributed by atoms with Gasteiger partial charge in [0.25, 0.3) is 0 Å². The lowest BCUT2D eigenvalue weighted by molar-refractivity contribution is 0.260. The van der Waals surface area contributed by atoms with Crippen LogP contribution in [0.4, 0.5) is 0 Å². The summed E-state index contributed by atoms with van der Waals surface area (Å²) in [6.45, 7) is 9.53. The van der Waals surface area contributed by atoms with Crippen LogP contribution in [0.1, 0.15) is 69.9 Å². The Morgan fingerprint density at radius 2 is 1.27 bits per heavy atom. The molecular formula is C22H30. The van der Waals surface area contributed by atoms with Crippen molar-refractivity contribution in [1.82, 2.24) is 0 Å². The minimum Gasteiger partial charge on any atom is -0.0648 e. The first-order valence-electron chi connectivity index (χ1n) is 8.62. The lowest BCUT2D eigenvalue weighted by Crippen LogP contribution is -2.18. The van der Waals surface area contributed by atoms with Crippen molar-refractivity contribution in [2.24, 2.45) is 5.41 Å². The Morgan fingerprint density at radius 3 is 1.77 bits per heavy atom. The minimum absolute atomic E-state index is 0.353. The standard InChI is InChI=1S/C22H30/c1-5-19(21-14-10-7-11-15-21)17-22(3,4)16-18(2)20-12-8-6-9-13-20/h6-15,18-19H,5,16-17H2,1-4H3. The van der Waals surface area contributed by atoms with E-state index in [1.54, 1.807) is 0 Å². The van der Waals surface area contributed by atoms with Gasteiger partial charge in [-0.3, -0.25) is 0 Å². The van der Waals surface area contributed by atoms with Crippen LogP contribution >= 0.6 is 0 Å². The average Bonchev–Trinajstić information content (AvgIpc) is 2.54. The second-order valence-electron chi connectivity index (χ2n) is 7.40. The van der Waals surface area contributed by atoms with E-state index in [1.165, 1.54) is 30.4 Å². The molecule has 22 heavy (non-hydrogen) atoms.